The van der Waals surface area contributed by atoms with Gasteiger partial charge in [-0.15, -0.1) is 0 Å². The molecule has 0 radical (unpaired) electrons. The Balaban J connectivity index is 1.97. The highest BCUT2D eigenvalue weighted by molar-refractivity contribution is 6.14. The van der Waals surface area contributed by atoms with Crippen LogP contribution in [-0.2, 0) is 4.79 Å². The maximum absolute atomic E-state index is 12.5. The first-order valence-corrected chi connectivity index (χ1v) is 6.88. The molecule has 0 bridgehead atoms. The summed E-state index contributed by atoms with van der Waals surface area (Å²) in [6.45, 7) is 0. The number of urea groups is 1. The van der Waals surface area contributed by atoms with Crippen molar-refractivity contribution in [3.8, 4) is 0 Å². The molecule has 2 aromatic rings. The van der Waals surface area contributed by atoms with Crippen LogP contribution in [0.2, 0.25) is 0 Å². The standard InChI is InChI=1S/C17H13N3O3/c18-13-7-6-11(15(21)10-4-2-1-3-5-10)8-12(13)9-14-16(22)20-17(23)19-14/h1-9H,18H2,(H2,19,20,22,23). The topological polar surface area (TPSA) is 101 Å². The second-order valence-corrected chi connectivity index (χ2v) is 5.01. The van der Waals surface area contributed by atoms with E-state index in [2.05, 4.69) is 10.6 Å². The van der Waals surface area contributed by atoms with E-state index < -0.39 is 11.9 Å². The molecule has 0 atom stereocenters. The smallest absolute Gasteiger partial charge is 0.326 e. The Hall–Kier alpha value is -3.41. The maximum atomic E-state index is 12.5. The summed E-state index contributed by atoms with van der Waals surface area (Å²) in [5, 5.41) is 4.49. The molecule has 0 aliphatic carbocycles. The molecular formula is C17H13N3O3. The third-order valence-electron chi connectivity index (χ3n) is 3.40. The lowest BCUT2D eigenvalue weighted by Gasteiger charge is -2.06. The first-order valence-electron chi connectivity index (χ1n) is 6.88. The summed E-state index contributed by atoms with van der Waals surface area (Å²) in [7, 11) is 0. The van der Waals surface area contributed by atoms with Crippen molar-refractivity contribution in [2.45, 2.75) is 0 Å². The minimum absolute atomic E-state index is 0.0889. The van der Waals surface area contributed by atoms with Crippen LogP contribution in [0.1, 0.15) is 21.5 Å². The molecule has 4 N–H and O–H groups in total. The van der Waals surface area contributed by atoms with Gasteiger partial charge in [0.05, 0.1) is 0 Å². The predicted molar refractivity (Wildman–Crippen MR) is 85.4 cm³/mol. The number of carbonyl (C=O) groups is 3. The number of nitrogen functional groups attached to an aromatic ring is 1. The van der Waals surface area contributed by atoms with Gasteiger partial charge >= 0.3 is 6.03 Å². The van der Waals surface area contributed by atoms with Crippen LogP contribution in [-0.4, -0.2) is 17.7 Å². The second kappa shape index (κ2) is 5.76. The third-order valence-corrected chi connectivity index (χ3v) is 3.40. The minimum atomic E-state index is -0.587. The number of hydrogen-bond donors (Lipinski definition) is 3. The monoisotopic (exact) mass is 307 g/mol. The number of imide groups is 1. The van der Waals surface area contributed by atoms with Crippen LogP contribution in [0.3, 0.4) is 0 Å². The zero-order valence-corrected chi connectivity index (χ0v) is 12.0. The zero-order chi connectivity index (χ0) is 16.4. The summed E-state index contributed by atoms with van der Waals surface area (Å²) in [6.07, 6.45) is 1.44. The number of amides is 3. The Morgan fingerprint density at radius 2 is 1.70 bits per heavy atom. The predicted octanol–water partition coefficient (Wildman–Crippen LogP) is 1.68. The van der Waals surface area contributed by atoms with E-state index in [-0.39, 0.29) is 11.5 Å². The van der Waals surface area contributed by atoms with E-state index in [1.165, 1.54) is 6.08 Å². The molecule has 6 nitrogen and oxygen atoms in total. The second-order valence-electron chi connectivity index (χ2n) is 5.01. The molecule has 1 aliphatic rings. The van der Waals surface area contributed by atoms with Crippen molar-refractivity contribution >= 4 is 29.5 Å². The number of nitrogens with two attached hydrogens (primary N) is 1. The van der Waals surface area contributed by atoms with Crippen molar-refractivity contribution < 1.29 is 14.4 Å². The Bertz CT molecular complexity index is 841. The Kier molecular flexibility index (Phi) is 3.64. The first-order chi connectivity index (χ1) is 11.0. The van der Waals surface area contributed by atoms with Gasteiger partial charge in [0.1, 0.15) is 5.70 Å². The van der Waals surface area contributed by atoms with E-state index in [1.54, 1.807) is 42.5 Å². The van der Waals surface area contributed by atoms with Gasteiger partial charge in [-0.05, 0) is 24.3 Å². The molecule has 1 saturated heterocycles. The van der Waals surface area contributed by atoms with Crippen LogP contribution in [0.5, 0.6) is 0 Å². The number of benzene rings is 2. The molecule has 1 aliphatic heterocycles. The van der Waals surface area contributed by atoms with Crippen LogP contribution < -0.4 is 16.4 Å². The summed E-state index contributed by atoms with van der Waals surface area (Å²) >= 11 is 0. The fourth-order valence-electron chi connectivity index (χ4n) is 2.24. The molecule has 6 heteroatoms. The van der Waals surface area contributed by atoms with E-state index >= 15 is 0 Å². The molecule has 114 valence electrons. The quantitative estimate of drug-likeness (QED) is 0.347. The van der Waals surface area contributed by atoms with Crippen molar-refractivity contribution in [1.29, 1.82) is 0 Å². The van der Waals surface area contributed by atoms with E-state index in [9.17, 15) is 14.4 Å². The zero-order valence-electron chi connectivity index (χ0n) is 12.0. The molecule has 0 saturated carbocycles. The van der Waals surface area contributed by atoms with Gasteiger partial charge in [0, 0.05) is 22.4 Å². The number of rotatable bonds is 3. The average molecular weight is 307 g/mol. The summed E-state index contributed by atoms with van der Waals surface area (Å²) in [4.78, 5) is 35.2. The average Bonchev–Trinajstić information content (AvgIpc) is 2.87. The summed E-state index contributed by atoms with van der Waals surface area (Å²) in [6, 6.07) is 13.1. The third kappa shape index (κ3) is 2.96. The Labute approximate surface area is 132 Å². The number of anilines is 1. The van der Waals surface area contributed by atoms with Crippen molar-refractivity contribution in [2.75, 3.05) is 5.73 Å². The van der Waals surface area contributed by atoms with Gasteiger partial charge in [-0.25, -0.2) is 4.79 Å². The van der Waals surface area contributed by atoms with Crippen LogP contribution in [0.15, 0.2) is 54.2 Å². The minimum Gasteiger partial charge on any atom is -0.398 e. The number of carbonyl (C=O) groups excluding carboxylic acids is 3. The molecule has 0 unspecified atom stereocenters. The molecule has 3 rings (SSSR count). The summed E-state index contributed by atoms with van der Waals surface area (Å²) in [5.74, 6) is -0.681. The molecule has 0 aromatic heterocycles. The normalized spacial score (nSPS) is 15.4. The highest BCUT2D eigenvalue weighted by Gasteiger charge is 2.23. The van der Waals surface area contributed by atoms with Crippen molar-refractivity contribution in [2.24, 2.45) is 0 Å². The lowest BCUT2D eigenvalue weighted by Crippen LogP contribution is -2.22. The van der Waals surface area contributed by atoms with Gasteiger partial charge in [-0.1, -0.05) is 30.3 Å². The first kappa shape index (κ1) is 14.5. The van der Waals surface area contributed by atoms with E-state index in [4.69, 9.17) is 5.73 Å². The maximum Gasteiger partial charge on any atom is 0.326 e. The summed E-state index contributed by atoms with van der Waals surface area (Å²) in [5.41, 5.74) is 7.86. The van der Waals surface area contributed by atoms with Crippen molar-refractivity contribution in [3.63, 3.8) is 0 Å². The van der Waals surface area contributed by atoms with E-state index in [0.717, 1.165) is 0 Å². The van der Waals surface area contributed by atoms with Gasteiger partial charge in [0.25, 0.3) is 5.91 Å². The van der Waals surface area contributed by atoms with Gasteiger partial charge in [-0.2, -0.15) is 0 Å². The number of hydrogen-bond acceptors (Lipinski definition) is 4. The van der Waals surface area contributed by atoms with Crippen LogP contribution in [0.25, 0.3) is 6.08 Å². The molecular weight excluding hydrogens is 294 g/mol. The van der Waals surface area contributed by atoms with Gasteiger partial charge in [0.15, 0.2) is 5.78 Å². The molecule has 1 heterocycles. The van der Waals surface area contributed by atoms with E-state index in [0.29, 0.717) is 22.4 Å². The Morgan fingerprint density at radius 1 is 0.957 bits per heavy atom. The van der Waals surface area contributed by atoms with Crippen LogP contribution >= 0.6 is 0 Å². The molecule has 3 amide bonds. The highest BCUT2D eigenvalue weighted by Crippen LogP contribution is 2.20. The largest absolute Gasteiger partial charge is 0.398 e. The SMILES string of the molecule is Nc1ccc(C(=O)c2ccccc2)cc1C=C1NC(=O)NC1=O. The highest BCUT2D eigenvalue weighted by atomic mass is 16.2. The molecule has 0 spiro atoms. The van der Waals surface area contributed by atoms with E-state index in [1.807, 2.05) is 6.07 Å². The molecule has 23 heavy (non-hydrogen) atoms. The number of nitrogens with one attached hydrogen (secondary N) is 2. The van der Waals surface area contributed by atoms with Crippen molar-refractivity contribution in [1.82, 2.24) is 10.6 Å². The van der Waals surface area contributed by atoms with Crippen LogP contribution in [0.4, 0.5) is 10.5 Å². The fourth-order valence-corrected chi connectivity index (χ4v) is 2.24. The Morgan fingerprint density at radius 3 is 2.35 bits per heavy atom. The lowest BCUT2D eigenvalue weighted by atomic mass is 10.00. The fraction of sp³-hybridized carbons (Fsp3) is 0. The molecule has 1 fully saturated rings. The van der Waals surface area contributed by atoms with Gasteiger partial charge in [0.2, 0.25) is 0 Å². The summed E-state index contributed by atoms with van der Waals surface area (Å²) < 4.78 is 0. The van der Waals surface area contributed by atoms with Gasteiger partial charge in [-0.3, -0.25) is 14.9 Å². The lowest BCUT2D eigenvalue weighted by molar-refractivity contribution is -0.115. The molecule has 2 aromatic carbocycles. The van der Waals surface area contributed by atoms with Crippen LogP contribution in [0, 0.1) is 0 Å². The van der Waals surface area contributed by atoms with Crippen molar-refractivity contribution in [3.05, 3.63) is 70.9 Å². The van der Waals surface area contributed by atoms with Gasteiger partial charge < -0.3 is 11.1 Å². The number of ketones is 1.